The molecule has 6 nitrogen and oxygen atoms in total. The van der Waals surface area contributed by atoms with Crippen LogP contribution < -0.4 is 10.0 Å². The molecule has 2 heterocycles. The van der Waals surface area contributed by atoms with Gasteiger partial charge in [-0.15, -0.1) is 0 Å². The predicted molar refractivity (Wildman–Crippen MR) is 87.0 cm³/mol. The van der Waals surface area contributed by atoms with E-state index < -0.39 is 10.0 Å². The summed E-state index contributed by atoms with van der Waals surface area (Å²) < 4.78 is 24.9. The minimum atomic E-state index is -3.15. The molecule has 0 aliphatic carbocycles. The van der Waals surface area contributed by atoms with Gasteiger partial charge in [0, 0.05) is 26.1 Å². The molecular weight excluding hydrogens is 302 g/mol. The molecule has 0 aromatic rings. The molecule has 2 N–H and O–H groups in total. The standard InChI is InChI=1S/C15H29N3O3S/c1-22(20,21)17-11-14-3-2-10-18(12-14)15(19)5-4-13-6-8-16-9-7-13/h13-14,16-17H,2-12H2,1H3. The molecule has 0 radical (unpaired) electrons. The summed E-state index contributed by atoms with van der Waals surface area (Å²) >= 11 is 0. The monoisotopic (exact) mass is 331 g/mol. The molecule has 2 rings (SSSR count). The fraction of sp³-hybridized carbons (Fsp3) is 0.933. The van der Waals surface area contributed by atoms with Gasteiger partial charge in [0.25, 0.3) is 0 Å². The van der Waals surface area contributed by atoms with E-state index in [9.17, 15) is 13.2 Å². The van der Waals surface area contributed by atoms with E-state index in [1.165, 1.54) is 19.1 Å². The van der Waals surface area contributed by atoms with E-state index >= 15 is 0 Å². The molecular formula is C15H29N3O3S. The zero-order chi connectivity index (χ0) is 16.0. The lowest BCUT2D eigenvalue weighted by Crippen LogP contribution is -2.43. The van der Waals surface area contributed by atoms with Crippen molar-refractivity contribution in [2.45, 2.75) is 38.5 Å². The van der Waals surface area contributed by atoms with Gasteiger partial charge < -0.3 is 10.2 Å². The van der Waals surface area contributed by atoms with Gasteiger partial charge in [0.05, 0.1) is 6.26 Å². The summed E-state index contributed by atoms with van der Waals surface area (Å²) in [4.78, 5) is 14.3. The maximum absolute atomic E-state index is 12.4. The zero-order valence-electron chi connectivity index (χ0n) is 13.5. The number of carbonyl (C=O) groups is 1. The molecule has 2 saturated heterocycles. The van der Waals surface area contributed by atoms with E-state index in [4.69, 9.17) is 0 Å². The Morgan fingerprint density at radius 1 is 1.23 bits per heavy atom. The third-order valence-corrected chi connectivity index (χ3v) is 5.42. The summed E-state index contributed by atoms with van der Waals surface area (Å²) in [6.45, 7) is 4.09. The maximum atomic E-state index is 12.4. The first kappa shape index (κ1) is 17.7. The Hall–Kier alpha value is -0.660. The number of rotatable bonds is 6. The molecule has 0 saturated carbocycles. The zero-order valence-corrected chi connectivity index (χ0v) is 14.3. The van der Waals surface area contributed by atoms with Gasteiger partial charge in [-0.2, -0.15) is 0 Å². The Morgan fingerprint density at radius 3 is 2.64 bits per heavy atom. The van der Waals surface area contributed by atoms with Crippen LogP contribution in [0, 0.1) is 11.8 Å². The minimum absolute atomic E-state index is 0.239. The third-order valence-electron chi connectivity index (χ3n) is 4.73. The Kier molecular flexibility index (Phi) is 6.65. The predicted octanol–water partition coefficient (Wildman–Crippen LogP) is 0.554. The molecule has 0 aromatic carbocycles. The Labute approximate surface area is 134 Å². The van der Waals surface area contributed by atoms with Crippen LogP contribution in [0.3, 0.4) is 0 Å². The quantitative estimate of drug-likeness (QED) is 0.745. The number of amides is 1. The Balaban J connectivity index is 1.72. The van der Waals surface area contributed by atoms with Crippen molar-refractivity contribution in [3.05, 3.63) is 0 Å². The average Bonchev–Trinajstić information content (AvgIpc) is 2.51. The number of nitrogens with one attached hydrogen (secondary N) is 2. The van der Waals surface area contributed by atoms with E-state index in [0.717, 1.165) is 38.9 Å². The Bertz CT molecular complexity index is 461. The molecule has 22 heavy (non-hydrogen) atoms. The van der Waals surface area contributed by atoms with Crippen LogP contribution in [-0.2, 0) is 14.8 Å². The number of piperidine rings is 2. The molecule has 0 spiro atoms. The fourth-order valence-electron chi connectivity index (χ4n) is 3.38. The molecule has 7 heteroatoms. The van der Waals surface area contributed by atoms with Gasteiger partial charge in [-0.05, 0) is 57.0 Å². The molecule has 0 aromatic heterocycles. The van der Waals surface area contributed by atoms with Gasteiger partial charge in [0.15, 0.2) is 0 Å². The molecule has 1 atom stereocenters. The summed E-state index contributed by atoms with van der Waals surface area (Å²) in [5.74, 6) is 1.16. The van der Waals surface area contributed by atoms with E-state index in [1.807, 2.05) is 4.90 Å². The van der Waals surface area contributed by atoms with Crippen molar-refractivity contribution >= 4 is 15.9 Å². The summed E-state index contributed by atoms with van der Waals surface area (Å²) in [5.41, 5.74) is 0. The van der Waals surface area contributed by atoms with Crippen LogP contribution in [0.4, 0.5) is 0 Å². The molecule has 1 amide bonds. The van der Waals surface area contributed by atoms with Crippen molar-refractivity contribution in [3.63, 3.8) is 0 Å². The Morgan fingerprint density at radius 2 is 1.95 bits per heavy atom. The first-order valence-corrected chi connectivity index (χ1v) is 10.3. The van der Waals surface area contributed by atoms with Crippen LogP contribution in [0.1, 0.15) is 38.5 Å². The van der Waals surface area contributed by atoms with Gasteiger partial charge >= 0.3 is 0 Å². The highest BCUT2D eigenvalue weighted by Crippen LogP contribution is 2.21. The summed E-state index contributed by atoms with van der Waals surface area (Å²) in [6.07, 6.45) is 7.11. The van der Waals surface area contributed by atoms with Gasteiger partial charge in [-0.1, -0.05) is 0 Å². The van der Waals surface area contributed by atoms with Crippen molar-refractivity contribution in [1.82, 2.24) is 14.9 Å². The lowest BCUT2D eigenvalue weighted by atomic mass is 9.92. The molecule has 128 valence electrons. The van der Waals surface area contributed by atoms with Crippen molar-refractivity contribution in [1.29, 1.82) is 0 Å². The molecule has 1 unspecified atom stereocenters. The summed E-state index contributed by atoms with van der Waals surface area (Å²) in [6, 6.07) is 0. The number of carbonyl (C=O) groups excluding carboxylic acids is 1. The molecule has 0 bridgehead atoms. The van der Waals surface area contributed by atoms with Gasteiger partial charge in [-0.25, -0.2) is 13.1 Å². The van der Waals surface area contributed by atoms with Crippen LogP contribution in [0.15, 0.2) is 0 Å². The lowest BCUT2D eigenvalue weighted by molar-refractivity contribution is -0.133. The van der Waals surface area contributed by atoms with Crippen LogP contribution in [0.5, 0.6) is 0 Å². The number of nitrogens with zero attached hydrogens (tertiary/aromatic N) is 1. The molecule has 2 fully saturated rings. The van der Waals surface area contributed by atoms with Gasteiger partial charge in [0.1, 0.15) is 0 Å². The number of hydrogen-bond acceptors (Lipinski definition) is 4. The van der Waals surface area contributed by atoms with Crippen molar-refractivity contribution in [2.24, 2.45) is 11.8 Å². The normalized spacial score (nSPS) is 24.4. The SMILES string of the molecule is CS(=O)(=O)NCC1CCCN(C(=O)CCC2CCNCC2)C1. The van der Waals surface area contributed by atoms with E-state index in [-0.39, 0.29) is 11.8 Å². The third kappa shape index (κ3) is 6.22. The van der Waals surface area contributed by atoms with Crippen LogP contribution >= 0.6 is 0 Å². The van der Waals surface area contributed by atoms with Crippen molar-refractivity contribution < 1.29 is 13.2 Å². The van der Waals surface area contributed by atoms with Gasteiger partial charge in [0.2, 0.25) is 15.9 Å². The first-order chi connectivity index (χ1) is 10.4. The summed E-state index contributed by atoms with van der Waals surface area (Å²) in [7, 11) is -3.15. The van der Waals surface area contributed by atoms with E-state index in [2.05, 4.69) is 10.0 Å². The van der Waals surface area contributed by atoms with Crippen LogP contribution in [0.25, 0.3) is 0 Å². The average molecular weight is 331 g/mol. The van der Waals surface area contributed by atoms with E-state index in [1.54, 1.807) is 0 Å². The van der Waals surface area contributed by atoms with Crippen LogP contribution in [-0.4, -0.2) is 58.2 Å². The highest BCUT2D eigenvalue weighted by Gasteiger charge is 2.24. The first-order valence-electron chi connectivity index (χ1n) is 8.37. The smallest absolute Gasteiger partial charge is 0.222 e. The number of sulfonamides is 1. The topological polar surface area (TPSA) is 78.5 Å². The maximum Gasteiger partial charge on any atom is 0.222 e. The number of hydrogen-bond donors (Lipinski definition) is 2. The van der Waals surface area contributed by atoms with Crippen LogP contribution in [0.2, 0.25) is 0 Å². The molecule has 2 aliphatic heterocycles. The minimum Gasteiger partial charge on any atom is -0.342 e. The lowest BCUT2D eigenvalue weighted by Gasteiger charge is -2.33. The largest absolute Gasteiger partial charge is 0.342 e. The van der Waals surface area contributed by atoms with Gasteiger partial charge in [-0.3, -0.25) is 4.79 Å². The molecule has 2 aliphatic rings. The highest BCUT2D eigenvalue weighted by atomic mass is 32.2. The van der Waals surface area contributed by atoms with E-state index in [0.29, 0.717) is 25.4 Å². The van der Waals surface area contributed by atoms with Crippen molar-refractivity contribution in [2.75, 3.05) is 39.0 Å². The highest BCUT2D eigenvalue weighted by molar-refractivity contribution is 7.88. The number of likely N-dealkylation sites (tertiary alicyclic amines) is 1. The second kappa shape index (κ2) is 8.26. The fourth-order valence-corrected chi connectivity index (χ4v) is 3.92. The second-order valence-electron chi connectivity index (χ2n) is 6.70. The van der Waals surface area contributed by atoms with Crippen molar-refractivity contribution in [3.8, 4) is 0 Å². The second-order valence-corrected chi connectivity index (χ2v) is 8.53. The summed E-state index contributed by atoms with van der Waals surface area (Å²) in [5, 5.41) is 3.35.